The lowest BCUT2D eigenvalue weighted by atomic mass is 9.95. The van der Waals surface area contributed by atoms with Gasteiger partial charge in [-0.3, -0.25) is 9.59 Å². The summed E-state index contributed by atoms with van der Waals surface area (Å²) in [5.74, 6) is 0.111. The highest BCUT2D eigenvalue weighted by Crippen LogP contribution is 2.42. The number of carbonyl (C=O) groups excluding carboxylic acids is 2. The number of methoxy groups -OCH3 is 1. The van der Waals surface area contributed by atoms with Crippen LogP contribution in [0.5, 0.6) is 17.2 Å². The van der Waals surface area contributed by atoms with Crippen molar-refractivity contribution in [3.8, 4) is 17.2 Å². The van der Waals surface area contributed by atoms with Crippen LogP contribution >= 0.6 is 0 Å². The molecular weight excluding hydrogens is 532 g/mol. The van der Waals surface area contributed by atoms with Crippen molar-refractivity contribution in [1.29, 1.82) is 0 Å². The first-order chi connectivity index (χ1) is 20.4. The molecule has 4 rings (SSSR count). The fourth-order valence-electron chi connectivity index (χ4n) is 5.18. The van der Waals surface area contributed by atoms with Crippen molar-refractivity contribution in [3.05, 3.63) is 95.1 Å². The van der Waals surface area contributed by atoms with Gasteiger partial charge in [-0.25, -0.2) is 0 Å². The molecule has 222 valence electrons. The number of rotatable bonds is 14. The summed E-state index contributed by atoms with van der Waals surface area (Å²) in [6.45, 7) is 9.80. The average Bonchev–Trinajstić information content (AvgIpc) is 3.28. The minimum absolute atomic E-state index is 0.0495. The molecular formula is C34H40N2O6. The van der Waals surface area contributed by atoms with Crippen LogP contribution in [0.15, 0.2) is 78.4 Å². The molecule has 1 fully saturated rings. The van der Waals surface area contributed by atoms with Crippen LogP contribution in [0.2, 0.25) is 0 Å². The molecule has 8 nitrogen and oxygen atoms in total. The van der Waals surface area contributed by atoms with Gasteiger partial charge in [0.05, 0.1) is 25.3 Å². The van der Waals surface area contributed by atoms with Crippen LogP contribution in [-0.2, 0) is 16.2 Å². The quantitative estimate of drug-likeness (QED) is 0.148. The van der Waals surface area contributed by atoms with Gasteiger partial charge in [0.2, 0.25) is 0 Å². The lowest BCUT2D eigenvalue weighted by Crippen LogP contribution is -2.33. The molecule has 8 heteroatoms. The van der Waals surface area contributed by atoms with E-state index < -0.39 is 17.7 Å². The molecule has 0 radical (unpaired) electrons. The van der Waals surface area contributed by atoms with E-state index in [9.17, 15) is 14.7 Å². The minimum atomic E-state index is -0.786. The molecule has 1 N–H and O–H groups in total. The Hall–Kier alpha value is -4.30. The fraction of sp³-hybridized carbons (Fsp3) is 0.353. The molecule has 0 spiro atoms. The number of aliphatic hydroxyl groups is 1. The number of likely N-dealkylation sites (tertiary alicyclic amines) is 1. The lowest BCUT2D eigenvalue weighted by Gasteiger charge is -2.27. The molecule has 1 atom stereocenters. The van der Waals surface area contributed by atoms with Crippen LogP contribution in [-0.4, -0.2) is 66.5 Å². The van der Waals surface area contributed by atoms with Crippen LogP contribution in [0.4, 0.5) is 0 Å². The normalized spacial score (nSPS) is 16.2. The molecule has 0 saturated carbocycles. The summed E-state index contributed by atoms with van der Waals surface area (Å²) in [5, 5.41) is 11.4. The van der Waals surface area contributed by atoms with Gasteiger partial charge in [-0.15, -0.1) is 0 Å². The van der Waals surface area contributed by atoms with Gasteiger partial charge >= 0.3 is 0 Å². The highest BCUT2D eigenvalue weighted by Gasteiger charge is 2.46. The van der Waals surface area contributed by atoms with Crippen molar-refractivity contribution in [2.24, 2.45) is 0 Å². The number of ketones is 1. The Labute approximate surface area is 248 Å². The summed E-state index contributed by atoms with van der Waals surface area (Å²) in [7, 11) is 1.56. The number of nitrogens with zero attached hydrogens (tertiary/aromatic N) is 2. The molecule has 42 heavy (non-hydrogen) atoms. The van der Waals surface area contributed by atoms with Gasteiger partial charge < -0.3 is 29.1 Å². The highest BCUT2D eigenvalue weighted by molar-refractivity contribution is 6.46. The number of Topliss-reactive ketones (excluding diaryl/α,β-unsaturated/α-hetero) is 1. The van der Waals surface area contributed by atoms with E-state index in [0.29, 0.717) is 54.6 Å². The predicted molar refractivity (Wildman–Crippen MR) is 163 cm³/mol. The average molecular weight is 573 g/mol. The molecule has 3 aromatic rings. The standard InChI is InChI=1S/C34H40N2O6/c1-5-35(6-2)20-11-21-36-31(30(33(38)34(36)39)32(37)25-14-17-27(40-4)18-15-25)26-16-19-28(29(22-26)41-7-3)42-23-24-12-9-8-10-13-24/h8-10,12-19,22,31,37H,5-7,11,20-21,23H2,1-4H3. The molecule has 1 aliphatic heterocycles. The number of aliphatic hydroxyl groups excluding tert-OH is 1. The van der Waals surface area contributed by atoms with Crippen molar-refractivity contribution in [2.75, 3.05) is 39.9 Å². The summed E-state index contributed by atoms with van der Waals surface area (Å²) in [5.41, 5.74) is 2.15. The first-order valence-electron chi connectivity index (χ1n) is 14.5. The zero-order valence-electron chi connectivity index (χ0n) is 24.8. The Kier molecular flexibility index (Phi) is 10.6. The third-order valence-electron chi connectivity index (χ3n) is 7.49. The van der Waals surface area contributed by atoms with Crippen LogP contribution in [0.25, 0.3) is 5.76 Å². The Morgan fingerprint density at radius 2 is 1.62 bits per heavy atom. The van der Waals surface area contributed by atoms with Gasteiger partial charge in [0.15, 0.2) is 11.5 Å². The molecule has 0 aliphatic carbocycles. The second-order valence-electron chi connectivity index (χ2n) is 10.0. The molecule has 1 saturated heterocycles. The number of hydrogen-bond acceptors (Lipinski definition) is 7. The maximum Gasteiger partial charge on any atom is 0.295 e. The maximum absolute atomic E-state index is 13.5. The summed E-state index contributed by atoms with van der Waals surface area (Å²) in [6, 6.07) is 21.2. The van der Waals surface area contributed by atoms with Gasteiger partial charge in [-0.05, 0) is 80.5 Å². The Morgan fingerprint density at radius 1 is 0.905 bits per heavy atom. The monoisotopic (exact) mass is 572 g/mol. The SMILES string of the molecule is CCOc1cc(C2C(=C(O)c3ccc(OC)cc3)C(=O)C(=O)N2CCCN(CC)CC)ccc1OCc1ccccc1. The van der Waals surface area contributed by atoms with Crippen LogP contribution in [0.1, 0.15) is 49.9 Å². The zero-order chi connectivity index (χ0) is 30.1. The van der Waals surface area contributed by atoms with Crippen molar-refractivity contribution < 1.29 is 28.9 Å². The summed E-state index contributed by atoms with van der Waals surface area (Å²) >= 11 is 0. The van der Waals surface area contributed by atoms with Crippen molar-refractivity contribution in [3.63, 3.8) is 0 Å². The fourth-order valence-corrected chi connectivity index (χ4v) is 5.18. The van der Waals surface area contributed by atoms with Crippen molar-refractivity contribution in [1.82, 2.24) is 9.80 Å². The highest BCUT2D eigenvalue weighted by atomic mass is 16.5. The molecule has 0 aromatic heterocycles. The van der Waals surface area contributed by atoms with Crippen LogP contribution < -0.4 is 14.2 Å². The molecule has 1 heterocycles. The van der Waals surface area contributed by atoms with Gasteiger partial charge in [0, 0.05) is 12.1 Å². The van der Waals surface area contributed by atoms with E-state index in [1.54, 1.807) is 48.4 Å². The summed E-state index contributed by atoms with van der Waals surface area (Å²) < 4.78 is 17.3. The van der Waals surface area contributed by atoms with Crippen LogP contribution in [0.3, 0.4) is 0 Å². The second-order valence-corrected chi connectivity index (χ2v) is 10.0. The molecule has 3 aromatic carbocycles. The van der Waals surface area contributed by atoms with E-state index >= 15 is 0 Å². The molecule has 1 unspecified atom stereocenters. The van der Waals surface area contributed by atoms with E-state index in [1.807, 2.05) is 43.3 Å². The molecule has 1 amide bonds. The number of ether oxygens (including phenoxy) is 3. The van der Waals surface area contributed by atoms with Gasteiger partial charge in [-0.2, -0.15) is 0 Å². The van der Waals surface area contributed by atoms with Gasteiger partial charge in [0.25, 0.3) is 11.7 Å². The largest absolute Gasteiger partial charge is 0.507 e. The molecule has 1 aliphatic rings. The number of benzene rings is 3. The minimum Gasteiger partial charge on any atom is -0.507 e. The van der Waals surface area contributed by atoms with Gasteiger partial charge in [-0.1, -0.05) is 50.2 Å². The first-order valence-corrected chi connectivity index (χ1v) is 14.5. The third-order valence-corrected chi connectivity index (χ3v) is 7.49. The van der Waals surface area contributed by atoms with E-state index in [4.69, 9.17) is 14.2 Å². The second kappa shape index (κ2) is 14.5. The number of amides is 1. The smallest absolute Gasteiger partial charge is 0.295 e. The Bertz CT molecular complexity index is 1380. The van der Waals surface area contributed by atoms with E-state index in [0.717, 1.165) is 25.2 Å². The topological polar surface area (TPSA) is 88.5 Å². The first kappa shape index (κ1) is 30.7. The maximum atomic E-state index is 13.5. The number of carbonyl (C=O) groups is 2. The zero-order valence-corrected chi connectivity index (χ0v) is 24.8. The Morgan fingerprint density at radius 3 is 2.26 bits per heavy atom. The van der Waals surface area contributed by atoms with E-state index in [2.05, 4.69) is 18.7 Å². The van der Waals surface area contributed by atoms with Gasteiger partial charge in [0.1, 0.15) is 18.1 Å². The summed E-state index contributed by atoms with van der Waals surface area (Å²) in [6.07, 6.45) is 0.685. The van der Waals surface area contributed by atoms with E-state index in [-0.39, 0.29) is 11.3 Å². The van der Waals surface area contributed by atoms with E-state index in [1.165, 1.54) is 0 Å². The third kappa shape index (κ3) is 6.94. The predicted octanol–water partition coefficient (Wildman–Crippen LogP) is 5.83. The lowest BCUT2D eigenvalue weighted by molar-refractivity contribution is -0.140. The number of hydrogen-bond donors (Lipinski definition) is 1. The van der Waals surface area contributed by atoms with Crippen molar-refractivity contribution >= 4 is 17.4 Å². The van der Waals surface area contributed by atoms with Crippen molar-refractivity contribution in [2.45, 2.75) is 39.8 Å². The summed E-state index contributed by atoms with van der Waals surface area (Å²) in [4.78, 5) is 30.8. The van der Waals surface area contributed by atoms with Crippen LogP contribution in [0, 0.1) is 0 Å². The Balaban J connectivity index is 1.74. The molecule has 0 bridgehead atoms.